The van der Waals surface area contributed by atoms with Crippen LogP contribution in [0.25, 0.3) is 11.3 Å². The van der Waals surface area contributed by atoms with E-state index in [4.69, 9.17) is 14.0 Å². The highest BCUT2D eigenvalue weighted by molar-refractivity contribution is 7.89. The van der Waals surface area contributed by atoms with Crippen molar-refractivity contribution < 1.29 is 27.2 Å². The predicted octanol–water partition coefficient (Wildman–Crippen LogP) is 4.27. The van der Waals surface area contributed by atoms with E-state index in [1.54, 1.807) is 19.2 Å². The zero-order chi connectivity index (χ0) is 23.3. The molecule has 1 saturated heterocycles. The molecule has 9 heteroatoms. The molecule has 33 heavy (non-hydrogen) atoms. The Bertz CT molecular complexity index is 1200. The molecule has 2 heterocycles. The maximum atomic E-state index is 13.0. The molecule has 0 radical (unpaired) electrons. The zero-order valence-corrected chi connectivity index (χ0v) is 19.2. The van der Waals surface area contributed by atoms with Gasteiger partial charge >= 0.3 is 5.97 Å². The van der Waals surface area contributed by atoms with E-state index in [2.05, 4.69) is 5.16 Å². The molecular formula is C24H26N2O6S. The van der Waals surface area contributed by atoms with E-state index in [1.165, 1.54) is 22.5 Å². The maximum absolute atomic E-state index is 13.0. The third kappa shape index (κ3) is 5.43. The third-order valence-corrected chi connectivity index (χ3v) is 7.46. The van der Waals surface area contributed by atoms with Crippen LogP contribution in [0.1, 0.15) is 41.8 Å². The Kier molecular flexibility index (Phi) is 7.10. The molecule has 0 unspecified atom stereocenters. The van der Waals surface area contributed by atoms with Gasteiger partial charge in [0.05, 0.1) is 17.6 Å². The Balaban J connectivity index is 1.41. The number of methoxy groups -OCH3 is 1. The molecular weight excluding hydrogens is 444 g/mol. The molecule has 4 rings (SSSR count). The minimum atomic E-state index is -3.65. The summed E-state index contributed by atoms with van der Waals surface area (Å²) in [6.07, 6.45) is 3.74. The summed E-state index contributed by atoms with van der Waals surface area (Å²) in [4.78, 5) is 12.7. The summed E-state index contributed by atoms with van der Waals surface area (Å²) in [6.45, 7) is 0.878. The number of benzene rings is 2. The van der Waals surface area contributed by atoms with Gasteiger partial charge in [-0.05, 0) is 55.3 Å². The molecule has 0 bridgehead atoms. The van der Waals surface area contributed by atoms with Crippen LogP contribution in [0.5, 0.6) is 5.75 Å². The fraction of sp³-hybridized carbons (Fsp3) is 0.333. The molecule has 0 spiro atoms. The number of hydrogen-bond acceptors (Lipinski definition) is 7. The zero-order valence-electron chi connectivity index (χ0n) is 18.4. The van der Waals surface area contributed by atoms with E-state index in [1.807, 2.05) is 24.3 Å². The fourth-order valence-corrected chi connectivity index (χ4v) is 5.28. The minimum absolute atomic E-state index is 0.0975. The fourth-order valence-electron chi connectivity index (χ4n) is 3.71. The Labute approximate surface area is 193 Å². The van der Waals surface area contributed by atoms with E-state index in [0.717, 1.165) is 37.0 Å². The van der Waals surface area contributed by atoms with Crippen molar-refractivity contribution in [3.05, 3.63) is 65.9 Å². The van der Waals surface area contributed by atoms with Crippen molar-refractivity contribution in [3.63, 3.8) is 0 Å². The first-order valence-electron chi connectivity index (χ1n) is 10.8. The van der Waals surface area contributed by atoms with Crippen LogP contribution in [-0.2, 0) is 21.4 Å². The number of carbonyl (C=O) groups is 1. The van der Waals surface area contributed by atoms with Gasteiger partial charge in [-0.1, -0.05) is 24.1 Å². The van der Waals surface area contributed by atoms with Gasteiger partial charge in [0.1, 0.15) is 11.4 Å². The van der Waals surface area contributed by atoms with E-state index < -0.39 is 16.0 Å². The van der Waals surface area contributed by atoms with Gasteiger partial charge in [-0.3, -0.25) is 0 Å². The number of sulfonamides is 1. The molecule has 0 amide bonds. The SMILES string of the molecule is COc1ccc(-c2cc(COC(=O)c3cccc(S(=O)(=O)N4CCCCCC4)c3)on2)cc1. The van der Waals surface area contributed by atoms with Crippen LogP contribution in [0, 0.1) is 0 Å². The Hall–Kier alpha value is -3.17. The van der Waals surface area contributed by atoms with E-state index in [-0.39, 0.29) is 17.1 Å². The van der Waals surface area contributed by atoms with Crippen molar-refractivity contribution in [1.82, 2.24) is 9.46 Å². The third-order valence-electron chi connectivity index (χ3n) is 5.56. The van der Waals surface area contributed by atoms with Gasteiger partial charge in [0, 0.05) is 24.7 Å². The van der Waals surface area contributed by atoms with Crippen LogP contribution < -0.4 is 4.74 Å². The molecule has 174 valence electrons. The molecule has 2 aromatic carbocycles. The van der Waals surface area contributed by atoms with Gasteiger partial charge in [-0.2, -0.15) is 4.31 Å². The van der Waals surface area contributed by atoms with E-state index in [0.29, 0.717) is 24.5 Å². The topological polar surface area (TPSA) is 98.9 Å². The van der Waals surface area contributed by atoms with E-state index in [9.17, 15) is 13.2 Å². The summed E-state index contributed by atoms with van der Waals surface area (Å²) in [5.41, 5.74) is 1.61. The normalized spacial score (nSPS) is 15.1. The first kappa shape index (κ1) is 23.0. The van der Waals surface area contributed by atoms with Gasteiger partial charge in [-0.15, -0.1) is 0 Å². The van der Waals surface area contributed by atoms with Gasteiger partial charge in [0.15, 0.2) is 12.4 Å². The molecule has 0 N–H and O–H groups in total. The van der Waals surface area contributed by atoms with Crippen molar-refractivity contribution in [3.8, 4) is 17.0 Å². The number of esters is 1. The molecule has 1 aliphatic rings. The maximum Gasteiger partial charge on any atom is 0.338 e. The van der Waals surface area contributed by atoms with Crippen LogP contribution in [0.3, 0.4) is 0 Å². The lowest BCUT2D eigenvalue weighted by Crippen LogP contribution is -2.32. The summed E-state index contributed by atoms with van der Waals surface area (Å²) >= 11 is 0. The van der Waals surface area contributed by atoms with Crippen molar-refractivity contribution in [1.29, 1.82) is 0 Å². The lowest BCUT2D eigenvalue weighted by atomic mass is 10.1. The summed E-state index contributed by atoms with van der Waals surface area (Å²) in [7, 11) is -2.06. The highest BCUT2D eigenvalue weighted by atomic mass is 32.2. The average Bonchev–Trinajstić information content (AvgIpc) is 3.14. The van der Waals surface area contributed by atoms with Crippen molar-refractivity contribution in [2.75, 3.05) is 20.2 Å². The number of rotatable bonds is 7. The van der Waals surface area contributed by atoms with Crippen molar-refractivity contribution in [2.24, 2.45) is 0 Å². The second kappa shape index (κ2) is 10.2. The largest absolute Gasteiger partial charge is 0.497 e. The molecule has 1 fully saturated rings. The highest BCUT2D eigenvalue weighted by Gasteiger charge is 2.26. The number of carbonyl (C=O) groups excluding carboxylic acids is 1. The monoisotopic (exact) mass is 470 g/mol. The Morgan fingerprint density at radius 2 is 1.76 bits per heavy atom. The smallest absolute Gasteiger partial charge is 0.338 e. The van der Waals surface area contributed by atoms with Gasteiger partial charge < -0.3 is 14.0 Å². The lowest BCUT2D eigenvalue weighted by Gasteiger charge is -2.20. The van der Waals surface area contributed by atoms with Crippen molar-refractivity contribution >= 4 is 16.0 Å². The molecule has 1 aliphatic heterocycles. The quantitative estimate of drug-likeness (QED) is 0.476. The molecule has 0 atom stereocenters. The summed E-state index contributed by atoms with van der Waals surface area (Å²) in [5, 5.41) is 4.01. The number of hydrogen-bond donors (Lipinski definition) is 0. The minimum Gasteiger partial charge on any atom is -0.497 e. The second-order valence-electron chi connectivity index (χ2n) is 7.83. The summed E-state index contributed by atoms with van der Waals surface area (Å²) < 4.78 is 43.3. The van der Waals surface area contributed by atoms with Gasteiger partial charge in [0.25, 0.3) is 0 Å². The number of aromatic nitrogens is 1. The standard InChI is InChI=1S/C24H26N2O6S/c1-30-20-11-9-18(10-12-20)23-16-21(32-25-23)17-31-24(27)19-7-6-8-22(15-19)33(28,29)26-13-4-2-3-5-14-26/h6-12,15-16H,2-5,13-14,17H2,1H3. The number of ether oxygens (including phenoxy) is 2. The summed E-state index contributed by atoms with van der Waals surface area (Å²) in [6, 6.07) is 15.0. The molecule has 3 aromatic rings. The van der Waals surface area contributed by atoms with E-state index >= 15 is 0 Å². The molecule has 0 saturated carbocycles. The first-order valence-corrected chi connectivity index (χ1v) is 12.3. The van der Waals surface area contributed by atoms with Crippen molar-refractivity contribution in [2.45, 2.75) is 37.2 Å². The number of nitrogens with zero attached hydrogens (tertiary/aromatic N) is 2. The Morgan fingerprint density at radius 3 is 2.45 bits per heavy atom. The highest BCUT2D eigenvalue weighted by Crippen LogP contribution is 2.24. The Morgan fingerprint density at radius 1 is 1.03 bits per heavy atom. The van der Waals surface area contributed by atoms with Gasteiger partial charge in [-0.25, -0.2) is 13.2 Å². The molecule has 8 nitrogen and oxygen atoms in total. The average molecular weight is 471 g/mol. The molecule has 0 aliphatic carbocycles. The van der Waals surface area contributed by atoms with Gasteiger partial charge in [0.2, 0.25) is 10.0 Å². The van der Waals surface area contributed by atoms with Crippen LogP contribution in [-0.4, -0.2) is 44.0 Å². The van der Waals surface area contributed by atoms with Crippen LogP contribution in [0.15, 0.2) is 64.0 Å². The first-order chi connectivity index (χ1) is 16.0. The lowest BCUT2D eigenvalue weighted by molar-refractivity contribution is 0.0437. The van der Waals surface area contributed by atoms with Crippen LogP contribution in [0.4, 0.5) is 0 Å². The molecule has 1 aromatic heterocycles. The van der Waals surface area contributed by atoms with Crippen LogP contribution in [0.2, 0.25) is 0 Å². The van der Waals surface area contributed by atoms with Crippen LogP contribution >= 0.6 is 0 Å². The summed E-state index contributed by atoms with van der Waals surface area (Å²) in [5.74, 6) is 0.476. The predicted molar refractivity (Wildman–Crippen MR) is 121 cm³/mol. The second-order valence-corrected chi connectivity index (χ2v) is 9.77.